The summed E-state index contributed by atoms with van der Waals surface area (Å²) in [5.41, 5.74) is 0. The van der Waals surface area contributed by atoms with Gasteiger partial charge in [-0.25, -0.2) is 0 Å². The monoisotopic (exact) mass is 206 g/mol. The molecule has 13 heavy (non-hydrogen) atoms. The molecule has 0 spiro atoms. The van der Waals surface area contributed by atoms with Crippen LogP contribution in [0, 0.1) is 5.92 Å². The van der Waals surface area contributed by atoms with Crippen LogP contribution >= 0.6 is 11.6 Å². The topological polar surface area (TPSA) is 6.48 Å². The third-order valence-electron chi connectivity index (χ3n) is 1.89. The summed E-state index contributed by atoms with van der Waals surface area (Å²) < 4.78 is 0. The average Bonchev–Trinajstić information content (AvgIpc) is 1.99. The highest BCUT2D eigenvalue weighted by Crippen LogP contribution is 1.99. The fraction of sp³-hybridized carbons (Fsp3) is 1.00. The highest BCUT2D eigenvalue weighted by Gasteiger charge is 2.06. The molecule has 0 aromatic carbocycles. The van der Waals surface area contributed by atoms with Crippen LogP contribution in [0.5, 0.6) is 0 Å². The fourth-order valence-electron chi connectivity index (χ4n) is 1.27. The van der Waals surface area contributed by atoms with Crippen LogP contribution in [0.3, 0.4) is 0 Å². The van der Waals surface area contributed by atoms with Crippen molar-refractivity contribution in [3.63, 3.8) is 0 Å². The zero-order valence-corrected chi connectivity index (χ0v) is 10.1. The van der Waals surface area contributed by atoms with Crippen molar-refractivity contribution in [1.29, 1.82) is 0 Å². The predicted octanol–water partition coefficient (Wildman–Crippen LogP) is 1.74. The molecule has 0 saturated carbocycles. The fourth-order valence-corrected chi connectivity index (χ4v) is 1.51. The van der Waals surface area contributed by atoms with Gasteiger partial charge < -0.3 is 9.80 Å². The Morgan fingerprint density at radius 2 is 1.69 bits per heavy atom. The van der Waals surface area contributed by atoms with Crippen LogP contribution in [-0.4, -0.2) is 56.0 Å². The van der Waals surface area contributed by atoms with Crippen molar-refractivity contribution in [2.75, 3.05) is 46.2 Å². The summed E-state index contributed by atoms with van der Waals surface area (Å²) in [4.78, 5) is 4.64. The van der Waals surface area contributed by atoms with Gasteiger partial charge in [-0.05, 0) is 20.0 Å². The molecule has 0 rings (SSSR count). The Balaban J connectivity index is 3.66. The largest absolute Gasteiger partial charge is 0.308 e. The molecule has 2 nitrogen and oxygen atoms in total. The van der Waals surface area contributed by atoms with Crippen molar-refractivity contribution < 1.29 is 0 Å². The Morgan fingerprint density at radius 3 is 2.08 bits per heavy atom. The number of likely N-dealkylation sites (N-methyl/N-ethyl adjacent to an activating group) is 1. The molecule has 0 aromatic heterocycles. The van der Waals surface area contributed by atoms with Crippen molar-refractivity contribution in [3.8, 4) is 0 Å². The first-order valence-corrected chi connectivity index (χ1v) is 5.52. The van der Waals surface area contributed by atoms with Crippen molar-refractivity contribution in [1.82, 2.24) is 9.80 Å². The van der Waals surface area contributed by atoms with E-state index >= 15 is 0 Å². The molecule has 0 N–H and O–H groups in total. The predicted molar refractivity (Wildman–Crippen MR) is 60.6 cm³/mol. The zero-order valence-electron chi connectivity index (χ0n) is 9.39. The SMILES string of the molecule is CC(C)CN(CCCl)CCN(C)C. The lowest BCUT2D eigenvalue weighted by molar-refractivity contribution is 0.229. The second-order valence-electron chi connectivity index (χ2n) is 4.19. The Morgan fingerprint density at radius 1 is 1.08 bits per heavy atom. The molecule has 0 aliphatic carbocycles. The van der Waals surface area contributed by atoms with Crippen molar-refractivity contribution >= 4 is 11.6 Å². The van der Waals surface area contributed by atoms with E-state index in [1.54, 1.807) is 0 Å². The lowest BCUT2D eigenvalue weighted by atomic mass is 10.2. The molecule has 80 valence electrons. The van der Waals surface area contributed by atoms with Crippen LogP contribution in [0.25, 0.3) is 0 Å². The summed E-state index contributed by atoms with van der Waals surface area (Å²) in [6.07, 6.45) is 0. The van der Waals surface area contributed by atoms with Crippen LogP contribution in [0.1, 0.15) is 13.8 Å². The number of hydrogen-bond donors (Lipinski definition) is 0. The molecule has 0 saturated heterocycles. The van der Waals surface area contributed by atoms with Gasteiger partial charge in [-0.3, -0.25) is 0 Å². The summed E-state index contributed by atoms with van der Waals surface area (Å²) in [6.45, 7) is 8.89. The first-order valence-electron chi connectivity index (χ1n) is 4.99. The first kappa shape index (κ1) is 13.2. The van der Waals surface area contributed by atoms with Gasteiger partial charge in [-0.1, -0.05) is 13.8 Å². The van der Waals surface area contributed by atoms with Gasteiger partial charge in [-0.2, -0.15) is 0 Å². The molecule has 0 atom stereocenters. The molecule has 0 unspecified atom stereocenters. The van der Waals surface area contributed by atoms with E-state index in [0.29, 0.717) is 0 Å². The number of nitrogens with zero attached hydrogens (tertiary/aromatic N) is 2. The van der Waals surface area contributed by atoms with Crippen LogP contribution < -0.4 is 0 Å². The summed E-state index contributed by atoms with van der Waals surface area (Å²) in [5, 5.41) is 0. The van der Waals surface area contributed by atoms with Crippen molar-refractivity contribution in [2.45, 2.75) is 13.8 Å². The third-order valence-corrected chi connectivity index (χ3v) is 2.06. The molecule has 0 aliphatic heterocycles. The maximum Gasteiger partial charge on any atom is 0.0351 e. The number of rotatable bonds is 7. The van der Waals surface area contributed by atoms with Gasteiger partial charge in [0, 0.05) is 32.1 Å². The molecular weight excluding hydrogens is 184 g/mol. The van der Waals surface area contributed by atoms with E-state index < -0.39 is 0 Å². The van der Waals surface area contributed by atoms with Gasteiger partial charge in [0.25, 0.3) is 0 Å². The van der Waals surface area contributed by atoms with Gasteiger partial charge in [0.15, 0.2) is 0 Å². The van der Waals surface area contributed by atoms with Gasteiger partial charge >= 0.3 is 0 Å². The Labute approximate surface area is 87.8 Å². The van der Waals surface area contributed by atoms with Crippen LogP contribution in [-0.2, 0) is 0 Å². The Kier molecular flexibility index (Phi) is 7.72. The van der Waals surface area contributed by atoms with Gasteiger partial charge in [0.1, 0.15) is 0 Å². The van der Waals surface area contributed by atoms with E-state index in [9.17, 15) is 0 Å². The summed E-state index contributed by atoms with van der Waals surface area (Å²) in [6, 6.07) is 0. The Hall–Kier alpha value is 0.210. The molecule has 0 aliphatic rings. The summed E-state index contributed by atoms with van der Waals surface area (Å²) >= 11 is 5.74. The molecule has 3 heteroatoms. The molecule has 0 bridgehead atoms. The van der Waals surface area contributed by atoms with Crippen LogP contribution in [0.2, 0.25) is 0 Å². The molecule has 0 fully saturated rings. The average molecular weight is 207 g/mol. The van der Waals surface area contributed by atoms with Gasteiger partial charge in [0.05, 0.1) is 0 Å². The smallest absolute Gasteiger partial charge is 0.0351 e. The number of alkyl halides is 1. The summed E-state index contributed by atoms with van der Waals surface area (Å²) in [7, 11) is 4.21. The minimum absolute atomic E-state index is 0.727. The van der Waals surface area contributed by atoms with E-state index in [1.807, 2.05) is 0 Å². The second kappa shape index (κ2) is 7.60. The van der Waals surface area contributed by atoms with Crippen LogP contribution in [0.4, 0.5) is 0 Å². The van der Waals surface area contributed by atoms with E-state index in [1.165, 1.54) is 0 Å². The minimum atomic E-state index is 0.727. The summed E-state index contributed by atoms with van der Waals surface area (Å²) in [5.74, 6) is 1.46. The Bertz CT molecular complexity index is 115. The lowest BCUT2D eigenvalue weighted by Crippen LogP contribution is -2.35. The van der Waals surface area contributed by atoms with Crippen molar-refractivity contribution in [3.05, 3.63) is 0 Å². The number of hydrogen-bond acceptors (Lipinski definition) is 2. The van der Waals surface area contributed by atoms with Crippen LogP contribution in [0.15, 0.2) is 0 Å². The van der Waals surface area contributed by atoms with E-state index in [0.717, 1.165) is 38.0 Å². The van der Waals surface area contributed by atoms with E-state index in [2.05, 4.69) is 37.7 Å². The van der Waals surface area contributed by atoms with E-state index in [4.69, 9.17) is 11.6 Å². The molecular formula is C10H23ClN2. The quantitative estimate of drug-likeness (QED) is 0.586. The third kappa shape index (κ3) is 8.54. The minimum Gasteiger partial charge on any atom is -0.308 e. The van der Waals surface area contributed by atoms with Gasteiger partial charge in [-0.15, -0.1) is 11.6 Å². The zero-order chi connectivity index (χ0) is 10.3. The maximum absolute atomic E-state index is 5.74. The first-order chi connectivity index (χ1) is 6.06. The standard InChI is InChI=1S/C10H23ClN2/c1-10(2)9-13(6-5-11)8-7-12(3)4/h10H,5-9H2,1-4H3. The highest BCUT2D eigenvalue weighted by atomic mass is 35.5. The van der Waals surface area contributed by atoms with Gasteiger partial charge in [0.2, 0.25) is 0 Å². The van der Waals surface area contributed by atoms with Crippen molar-refractivity contribution in [2.24, 2.45) is 5.92 Å². The second-order valence-corrected chi connectivity index (χ2v) is 4.56. The normalized spacial score (nSPS) is 12.0. The molecule has 0 heterocycles. The van der Waals surface area contributed by atoms with E-state index in [-0.39, 0.29) is 0 Å². The number of halogens is 1. The highest BCUT2D eigenvalue weighted by molar-refractivity contribution is 6.18. The molecule has 0 radical (unpaired) electrons. The maximum atomic E-state index is 5.74. The molecule has 0 aromatic rings. The lowest BCUT2D eigenvalue weighted by Gasteiger charge is -2.24. The molecule has 0 amide bonds.